The van der Waals surface area contributed by atoms with Gasteiger partial charge in [-0.1, -0.05) is 13.8 Å². The zero-order valence-electron chi connectivity index (χ0n) is 20.2. The Bertz CT molecular complexity index is 1230. The maximum atomic E-state index is 12.6. The Morgan fingerprint density at radius 1 is 1.27 bits per heavy atom. The smallest absolute Gasteiger partial charge is 0.756 e. The number of imidazole rings is 1. The molecule has 4 rings (SSSR count). The van der Waals surface area contributed by atoms with Crippen molar-refractivity contribution < 1.29 is 78.1 Å². The number of halogens is 1. The van der Waals surface area contributed by atoms with Crippen LogP contribution in [0.5, 0.6) is 0 Å². The molecule has 6 N–H and O–H groups in total. The Hall–Kier alpha value is -1.24. The number of esters is 1. The van der Waals surface area contributed by atoms with Gasteiger partial charge < -0.3 is 34.4 Å². The number of nitrogens with zero attached hydrogens (tertiary/aromatic N) is 3. The summed E-state index contributed by atoms with van der Waals surface area (Å²) >= 11 is 3.26. The van der Waals surface area contributed by atoms with Gasteiger partial charge in [0.2, 0.25) is 11.9 Å². The minimum atomic E-state index is -4.63. The first-order valence-electron chi connectivity index (χ1n) is 10.6. The summed E-state index contributed by atoms with van der Waals surface area (Å²) in [6, 6.07) is 0. The van der Waals surface area contributed by atoms with E-state index in [1.807, 2.05) is 6.92 Å². The molecule has 0 saturated carbocycles. The van der Waals surface area contributed by atoms with Crippen molar-refractivity contribution in [3.63, 3.8) is 0 Å². The van der Waals surface area contributed by atoms with Crippen LogP contribution in [-0.2, 0) is 32.7 Å². The molecule has 2 aliphatic heterocycles. The van der Waals surface area contributed by atoms with E-state index in [-0.39, 0.29) is 87.7 Å². The normalized spacial score (nSPS) is 26.3. The van der Waals surface area contributed by atoms with Crippen molar-refractivity contribution >= 4 is 52.7 Å². The first-order chi connectivity index (χ1) is 16.1. The first-order valence-corrected chi connectivity index (χ1v) is 12.9. The topological polar surface area (TPSA) is 250 Å². The summed E-state index contributed by atoms with van der Waals surface area (Å²) in [7, 11) is -4.63. The van der Waals surface area contributed by atoms with Gasteiger partial charge in [-0.3, -0.25) is 33.8 Å². The van der Waals surface area contributed by atoms with E-state index >= 15 is 0 Å². The van der Waals surface area contributed by atoms with Crippen LogP contribution in [-0.4, -0.2) is 67.3 Å². The Labute approximate surface area is 240 Å². The molecule has 0 aliphatic carbocycles. The number of carbonyl (C=O) groups is 2. The minimum Gasteiger partial charge on any atom is -0.756 e. The maximum absolute atomic E-state index is 12.6. The molecule has 0 spiro atoms. The summed E-state index contributed by atoms with van der Waals surface area (Å²) in [4.78, 5) is 59.8. The average molecular weight is 622 g/mol. The number of carbonyl (C=O) groups excluding carboxylic acids is 2. The number of nitrogens with one attached hydrogen (secondary N) is 2. The predicted octanol–water partition coefficient (Wildman–Crippen LogP) is -3.53. The number of amides is 1. The van der Waals surface area contributed by atoms with Crippen molar-refractivity contribution in [3.8, 4) is 0 Å². The molecule has 2 fully saturated rings. The van der Waals surface area contributed by atoms with Crippen LogP contribution in [0.25, 0.3) is 11.2 Å². The second kappa shape index (κ2) is 13.7. The number of anilines is 1. The van der Waals surface area contributed by atoms with E-state index in [4.69, 9.17) is 18.5 Å². The van der Waals surface area contributed by atoms with Gasteiger partial charge >= 0.3 is 35.5 Å². The minimum absolute atomic E-state index is 0. The summed E-state index contributed by atoms with van der Waals surface area (Å²) in [5.41, 5.74) is -0.701. The van der Waals surface area contributed by atoms with Gasteiger partial charge in [0.05, 0.1) is 6.61 Å². The Morgan fingerprint density at radius 2 is 1.95 bits per heavy atom. The second-order valence-corrected chi connectivity index (χ2v) is 9.79. The van der Waals surface area contributed by atoms with E-state index in [9.17, 15) is 23.8 Å². The molecule has 16 nitrogen and oxygen atoms in total. The molecule has 4 heterocycles. The number of aromatic amines is 1. The van der Waals surface area contributed by atoms with Crippen LogP contribution < -0.4 is 45.3 Å². The van der Waals surface area contributed by atoms with E-state index < -0.39 is 43.9 Å². The fraction of sp³-hybridized carbons (Fsp3) is 0.611. The fourth-order valence-corrected chi connectivity index (χ4v) is 5.22. The third kappa shape index (κ3) is 7.24. The van der Waals surface area contributed by atoms with E-state index in [0.29, 0.717) is 12.8 Å². The van der Waals surface area contributed by atoms with Gasteiger partial charge in [-0.25, -0.2) is 4.98 Å². The number of phosphoric acid groups is 1. The number of hydrogen-bond donors (Lipinski definition) is 2. The number of ether oxygens (including phenoxy) is 2. The molecule has 2 aliphatic rings. The van der Waals surface area contributed by atoms with Crippen LogP contribution >= 0.6 is 23.8 Å². The van der Waals surface area contributed by atoms with Crippen molar-refractivity contribution in [2.75, 3.05) is 11.9 Å². The van der Waals surface area contributed by atoms with Crippen LogP contribution in [0.2, 0.25) is 0 Å². The van der Waals surface area contributed by atoms with Crippen molar-refractivity contribution in [1.82, 2.24) is 19.5 Å². The summed E-state index contributed by atoms with van der Waals surface area (Å²) in [5, 5.41) is 2.51. The van der Waals surface area contributed by atoms with Gasteiger partial charge in [-0.2, -0.15) is 4.98 Å². The summed E-state index contributed by atoms with van der Waals surface area (Å²) in [5.74, 6) is -1.04. The van der Waals surface area contributed by atoms with Crippen LogP contribution in [0.15, 0.2) is 9.53 Å². The number of phosphoric ester groups is 1. The largest absolute Gasteiger partial charge is 1.00 e. The van der Waals surface area contributed by atoms with Gasteiger partial charge in [-0.15, -0.1) is 0 Å². The van der Waals surface area contributed by atoms with E-state index in [2.05, 4.69) is 36.2 Å². The molecule has 0 bridgehead atoms. The Morgan fingerprint density at radius 3 is 2.59 bits per heavy atom. The number of fused-ring (bicyclic) bond motifs is 2. The van der Waals surface area contributed by atoms with Crippen molar-refractivity contribution in [2.45, 2.75) is 64.1 Å². The number of aromatic nitrogens is 4. The molecular formula is C18H26BrN5NaO11P. The molecule has 2 saturated heterocycles. The SMILES string of the molecule is CCCC(=O)Nc1nc2c(nc(Br)n2[C@@H]2O[C@@H]3COP(=O)([O-])O[C@H]3[C@H]2OC(=O)CCC)c(=O)[nH]1.O.O.[Na+]. The monoisotopic (exact) mass is 621 g/mol. The molecule has 1 unspecified atom stereocenters. The van der Waals surface area contributed by atoms with Gasteiger partial charge in [-0.05, 0) is 28.8 Å². The van der Waals surface area contributed by atoms with E-state index in [1.165, 1.54) is 4.57 Å². The molecule has 1 amide bonds. The van der Waals surface area contributed by atoms with Crippen LogP contribution in [0.4, 0.5) is 5.95 Å². The van der Waals surface area contributed by atoms with E-state index in [0.717, 1.165) is 0 Å². The number of rotatable bonds is 7. The fourth-order valence-electron chi connectivity index (χ4n) is 3.73. The van der Waals surface area contributed by atoms with Gasteiger partial charge in [0.15, 0.2) is 28.2 Å². The summed E-state index contributed by atoms with van der Waals surface area (Å²) in [6.45, 7) is 3.27. The average Bonchev–Trinajstić information content (AvgIpc) is 3.24. The molecule has 202 valence electrons. The molecule has 2 aromatic heterocycles. The quantitative estimate of drug-likeness (QED) is 0.132. The van der Waals surface area contributed by atoms with Crippen LogP contribution in [0, 0.1) is 0 Å². The Balaban J connectivity index is 0.00000228. The van der Waals surface area contributed by atoms with Crippen molar-refractivity contribution in [2.24, 2.45) is 0 Å². The Kier molecular flexibility index (Phi) is 12.5. The number of H-pyrrole nitrogens is 1. The summed E-state index contributed by atoms with van der Waals surface area (Å²) in [6.07, 6.45) is -3.05. The second-order valence-electron chi connectivity index (χ2n) is 7.72. The molecule has 37 heavy (non-hydrogen) atoms. The van der Waals surface area contributed by atoms with Crippen LogP contribution in [0.1, 0.15) is 45.8 Å². The summed E-state index contributed by atoms with van der Waals surface area (Å²) < 4.78 is 34.7. The molecule has 5 atom stereocenters. The van der Waals surface area contributed by atoms with Gasteiger partial charge in [0, 0.05) is 12.8 Å². The number of hydrogen-bond acceptors (Lipinski definition) is 11. The van der Waals surface area contributed by atoms with Gasteiger partial charge in [0.25, 0.3) is 13.4 Å². The third-order valence-electron chi connectivity index (χ3n) is 5.15. The van der Waals surface area contributed by atoms with Gasteiger partial charge in [0.1, 0.15) is 12.2 Å². The molecule has 0 radical (unpaired) electrons. The standard InChI is InChI=1S/C18H23BrN5O9P.Na.2H2O/c1-3-5-9(25)20-18-22-14-11(15(27)23-18)21-17(19)24(14)16-13(32-10(26)6-4-2)12-8(31-16)7-30-34(28,29)33-12;;;/h8,12-13,16H,3-7H2,1-2H3,(H,28,29)(H2,20,22,23,25,27);;2*1H2/q;+1;;/p-1/t8-,12-,13-,16-;;;/m1.../s1. The zero-order valence-corrected chi connectivity index (χ0v) is 24.7. The molecule has 0 aromatic carbocycles. The van der Waals surface area contributed by atoms with Crippen molar-refractivity contribution in [3.05, 3.63) is 15.1 Å². The van der Waals surface area contributed by atoms with Crippen molar-refractivity contribution in [1.29, 1.82) is 0 Å². The third-order valence-corrected chi connectivity index (χ3v) is 6.68. The van der Waals surface area contributed by atoms with Crippen LogP contribution in [0.3, 0.4) is 0 Å². The molecule has 2 aromatic rings. The zero-order chi connectivity index (χ0) is 24.6. The molecule has 19 heteroatoms. The maximum Gasteiger partial charge on any atom is 1.00 e. The van der Waals surface area contributed by atoms with E-state index in [1.54, 1.807) is 6.92 Å². The predicted molar refractivity (Wildman–Crippen MR) is 124 cm³/mol. The molecular weight excluding hydrogens is 596 g/mol. The first kappa shape index (κ1) is 33.8.